The fourth-order valence-electron chi connectivity index (χ4n) is 2.17. The minimum atomic E-state index is -0.618. The fraction of sp³-hybridized carbons (Fsp3) is 0.500. The monoisotopic (exact) mass is 357 g/mol. The first-order valence-corrected chi connectivity index (χ1v) is 7.48. The Hall–Kier alpha value is -1.47. The van der Waals surface area contributed by atoms with E-state index in [0.717, 1.165) is 6.42 Å². The molecule has 0 bridgehead atoms. The number of carbonyl (C=O) groups is 1. The molecule has 0 saturated heterocycles. The maximum atomic E-state index is 11.5. The summed E-state index contributed by atoms with van der Waals surface area (Å²) < 4.78 is 11.7. The van der Waals surface area contributed by atoms with Crippen molar-refractivity contribution in [3.63, 3.8) is 0 Å². The van der Waals surface area contributed by atoms with Crippen molar-refractivity contribution in [2.24, 2.45) is 0 Å². The molecule has 2 atom stereocenters. The molecule has 21 heavy (non-hydrogen) atoms. The normalized spacial score (nSPS) is 21.0. The largest absolute Gasteiger partial charge is 0.480 e. The molecular formula is C14H16BrNO5. The van der Waals surface area contributed by atoms with Gasteiger partial charge in [0.25, 0.3) is 0 Å². The van der Waals surface area contributed by atoms with Gasteiger partial charge in [-0.15, -0.1) is 0 Å². The van der Waals surface area contributed by atoms with Crippen molar-refractivity contribution >= 4 is 27.4 Å². The zero-order valence-electron chi connectivity index (χ0n) is 11.8. The minimum absolute atomic E-state index is 0.0223. The van der Waals surface area contributed by atoms with Gasteiger partial charge in [0.1, 0.15) is 6.10 Å². The predicted molar refractivity (Wildman–Crippen MR) is 79.6 cm³/mol. The van der Waals surface area contributed by atoms with Crippen molar-refractivity contribution in [3.05, 3.63) is 32.3 Å². The Kier molecular flexibility index (Phi) is 4.95. The summed E-state index contributed by atoms with van der Waals surface area (Å²) in [4.78, 5) is 22.2. The average Bonchev–Trinajstić information content (AvgIpc) is 2.40. The summed E-state index contributed by atoms with van der Waals surface area (Å²) in [7, 11) is 0. The molecule has 0 heterocycles. The lowest BCUT2D eigenvalue weighted by Gasteiger charge is -2.34. The van der Waals surface area contributed by atoms with Gasteiger partial charge < -0.3 is 9.47 Å². The topological polar surface area (TPSA) is 78.7 Å². The van der Waals surface area contributed by atoms with Crippen LogP contribution in [0.3, 0.4) is 0 Å². The second kappa shape index (κ2) is 6.53. The van der Waals surface area contributed by atoms with Crippen LogP contribution in [0.1, 0.15) is 25.3 Å². The van der Waals surface area contributed by atoms with Crippen LogP contribution in [0.2, 0.25) is 0 Å². The summed E-state index contributed by atoms with van der Waals surface area (Å²) in [6.07, 6.45) is -0.0510. The lowest BCUT2D eigenvalue weighted by atomic mass is 9.89. The van der Waals surface area contributed by atoms with Crippen molar-refractivity contribution in [1.29, 1.82) is 0 Å². The number of ketones is 1. The Morgan fingerprint density at radius 2 is 2.19 bits per heavy atom. The number of rotatable bonds is 6. The first kappa shape index (κ1) is 15.9. The molecule has 0 radical (unpaired) electrons. The Bertz CT molecular complexity index is 575. The van der Waals surface area contributed by atoms with Gasteiger partial charge in [0.2, 0.25) is 5.75 Å². The molecule has 1 aliphatic carbocycles. The zero-order valence-corrected chi connectivity index (χ0v) is 13.4. The molecule has 1 fully saturated rings. The number of halogens is 1. The first-order chi connectivity index (χ1) is 9.93. The fourth-order valence-corrected chi connectivity index (χ4v) is 2.73. The van der Waals surface area contributed by atoms with Gasteiger partial charge in [-0.05, 0) is 25.0 Å². The van der Waals surface area contributed by atoms with Gasteiger partial charge in [0.05, 0.1) is 4.92 Å². The maximum Gasteiger partial charge on any atom is 0.312 e. The third kappa shape index (κ3) is 3.41. The van der Waals surface area contributed by atoms with Crippen molar-refractivity contribution < 1.29 is 19.2 Å². The van der Waals surface area contributed by atoms with E-state index < -0.39 is 17.1 Å². The Morgan fingerprint density at radius 3 is 2.76 bits per heavy atom. The van der Waals surface area contributed by atoms with Crippen LogP contribution in [0.25, 0.3) is 0 Å². The number of hydrogen-bond donors (Lipinski definition) is 0. The van der Waals surface area contributed by atoms with E-state index in [9.17, 15) is 14.9 Å². The van der Waals surface area contributed by atoms with Gasteiger partial charge >= 0.3 is 5.69 Å². The summed E-state index contributed by atoms with van der Waals surface area (Å²) in [6, 6.07) is 3.13. The lowest BCUT2D eigenvalue weighted by molar-refractivity contribution is -0.386. The number of benzene rings is 1. The number of nitrogens with zero attached hydrogens (tertiary/aromatic N) is 1. The van der Waals surface area contributed by atoms with Gasteiger partial charge in [0.15, 0.2) is 11.9 Å². The number of carbonyl (C=O) groups excluding carboxylic acids is 1. The van der Waals surface area contributed by atoms with E-state index >= 15 is 0 Å². The van der Waals surface area contributed by atoms with Crippen LogP contribution < -0.4 is 4.74 Å². The number of hydrogen-bond acceptors (Lipinski definition) is 5. The van der Waals surface area contributed by atoms with E-state index in [-0.39, 0.29) is 23.6 Å². The van der Waals surface area contributed by atoms with Crippen LogP contribution in [-0.2, 0) is 9.53 Å². The van der Waals surface area contributed by atoms with Crippen LogP contribution in [-0.4, -0.2) is 29.5 Å². The Balaban J connectivity index is 2.20. The molecule has 1 aromatic carbocycles. The van der Waals surface area contributed by atoms with Crippen molar-refractivity contribution in [2.75, 3.05) is 6.61 Å². The molecule has 2 unspecified atom stereocenters. The molecule has 1 saturated carbocycles. The van der Waals surface area contributed by atoms with Gasteiger partial charge in [-0.1, -0.05) is 22.9 Å². The third-order valence-corrected chi connectivity index (χ3v) is 3.70. The molecule has 0 spiro atoms. The van der Waals surface area contributed by atoms with Crippen molar-refractivity contribution in [2.45, 2.75) is 38.9 Å². The quantitative estimate of drug-likeness (QED) is 0.577. The molecule has 1 aromatic rings. The molecular weight excluding hydrogens is 342 g/mol. The average molecular weight is 358 g/mol. The predicted octanol–water partition coefficient (Wildman–Crippen LogP) is 3.18. The van der Waals surface area contributed by atoms with Crippen LogP contribution >= 0.6 is 15.9 Å². The summed E-state index contributed by atoms with van der Waals surface area (Å²) >= 11 is 3.23. The highest BCUT2D eigenvalue weighted by Gasteiger charge is 2.43. The van der Waals surface area contributed by atoms with Crippen LogP contribution in [0.4, 0.5) is 5.69 Å². The van der Waals surface area contributed by atoms with E-state index in [1.54, 1.807) is 13.0 Å². The van der Waals surface area contributed by atoms with E-state index in [1.165, 1.54) is 6.07 Å². The Morgan fingerprint density at radius 1 is 1.48 bits per heavy atom. The SMILES string of the molecule is CCCOC1C(=O)CC1Oc1c(C)cc(Br)cc1[N+](=O)[O-]. The van der Waals surface area contributed by atoms with Crippen molar-refractivity contribution in [3.8, 4) is 5.75 Å². The third-order valence-electron chi connectivity index (χ3n) is 3.24. The van der Waals surface area contributed by atoms with Crippen LogP contribution in [0, 0.1) is 17.0 Å². The summed E-state index contributed by atoms with van der Waals surface area (Å²) in [5.74, 6) is 0.177. The first-order valence-electron chi connectivity index (χ1n) is 6.69. The molecule has 114 valence electrons. The van der Waals surface area contributed by atoms with Gasteiger partial charge in [-0.3, -0.25) is 14.9 Å². The van der Waals surface area contributed by atoms with E-state index in [0.29, 0.717) is 16.6 Å². The molecule has 0 aliphatic heterocycles. The summed E-state index contributed by atoms with van der Waals surface area (Å²) in [6.45, 7) is 4.15. The molecule has 1 aliphatic rings. The van der Waals surface area contributed by atoms with Crippen LogP contribution in [0.15, 0.2) is 16.6 Å². The van der Waals surface area contributed by atoms with Crippen molar-refractivity contribution in [1.82, 2.24) is 0 Å². The summed E-state index contributed by atoms with van der Waals surface area (Å²) in [5.41, 5.74) is 0.528. The smallest absolute Gasteiger partial charge is 0.312 e. The number of nitro groups is 1. The van der Waals surface area contributed by atoms with E-state index in [2.05, 4.69) is 15.9 Å². The molecule has 0 aromatic heterocycles. The highest BCUT2D eigenvalue weighted by atomic mass is 79.9. The lowest BCUT2D eigenvalue weighted by Crippen LogP contribution is -2.52. The Labute approximate surface area is 130 Å². The number of ether oxygens (including phenoxy) is 2. The highest BCUT2D eigenvalue weighted by molar-refractivity contribution is 9.10. The molecule has 0 N–H and O–H groups in total. The highest BCUT2D eigenvalue weighted by Crippen LogP contribution is 2.37. The molecule has 7 heteroatoms. The maximum absolute atomic E-state index is 11.5. The summed E-state index contributed by atoms with van der Waals surface area (Å²) in [5, 5.41) is 11.1. The van der Waals surface area contributed by atoms with Gasteiger partial charge in [0, 0.05) is 23.6 Å². The van der Waals surface area contributed by atoms with Gasteiger partial charge in [-0.25, -0.2) is 0 Å². The second-order valence-electron chi connectivity index (χ2n) is 4.95. The number of aryl methyl sites for hydroxylation is 1. The molecule has 6 nitrogen and oxygen atoms in total. The molecule has 2 rings (SSSR count). The minimum Gasteiger partial charge on any atom is -0.480 e. The zero-order chi connectivity index (χ0) is 15.6. The van der Waals surface area contributed by atoms with Crippen LogP contribution in [0.5, 0.6) is 5.75 Å². The number of Topliss-reactive ketones (excluding diaryl/α,β-unsaturated/α-hetero) is 1. The standard InChI is InChI=1S/C14H16BrNO5/c1-3-4-20-14-11(17)7-12(14)21-13-8(2)5-9(15)6-10(13)16(18)19/h5-6,12,14H,3-4,7H2,1-2H3. The van der Waals surface area contributed by atoms with E-state index in [1.807, 2.05) is 6.92 Å². The second-order valence-corrected chi connectivity index (χ2v) is 5.86. The van der Waals surface area contributed by atoms with E-state index in [4.69, 9.17) is 9.47 Å². The van der Waals surface area contributed by atoms with Gasteiger partial charge in [-0.2, -0.15) is 0 Å². The number of nitro benzene ring substituents is 1. The molecule has 0 amide bonds.